The molecule has 1 aromatic carbocycles. The highest BCUT2D eigenvalue weighted by Gasteiger charge is 2.16. The number of nitrogens with zero attached hydrogens (tertiary/aromatic N) is 2. The van der Waals surface area contributed by atoms with E-state index < -0.39 is 17.7 Å². The van der Waals surface area contributed by atoms with Gasteiger partial charge in [-0.05, 0) is 25.3 Å². The molecule has 0 aliphatic rings. The van der Waals surface area contributed by atoms with Crippen molar-refractivity contribution in [2.75, 3.05) is 6.54 Å². The highest BCUT2D eigenvalue weighted by Crippen LogP contribution is 2.20. The maximum absolute atomic E-state index is 13.8. The monoisotopic (exact) mass is 336 g/mol. The molecule has 0 saturated carbocycles. The average Bonchev–Trinajstić information content (AvgIpc) is 3.06. The van der Waals surface area contributed by atoms with Crippen molar-refractivity contribution in [3.8, 4) is 0 Å². The number of amides is 2. The van der Waals surface area contributed by atoms with Crippen molar-refractivity contribution in [2.45, 2.75) is 38.8 Å². The van der Waals surface area contributed by atoms with Crippen LogP contribution in [-0.2, 0) is 6.54 Å². The van der Waals surface area contributed by atoms with Gasteiger partial charge in [0.25, 0.3) is 0 Å². The van der Waals surface area contributed by atoms with Crippen molar-refractivity contribution < 1.29 is 13.6 Å². The number of benzene rings is 1. The highest BCUT2D eigenvalue weighted by molar-refractivity contribution is 5.74. The molecule has 2 N–H and O–H groups in total. The number of hydrogen-bond acceptors (Lipinski definition) is 2. The van der Waals surface area contributed by atoms with Crippen LogP contribution in [0.5, 0.6) is 0 Å². The Balaban J connectivity index is 1.73. The molecule has 0 aliphatic heterocycles. The Kier molecular flexibility index (Phi) is 6.72. The molecule has 0 spiro atoms. The second-order valence-corrected chi connectivity index (χ2v) is 5.53. The molecule has 0 aliphatic carbocycles. The van der Waals surface area contributed by atoms with E-state index in [-0.39, 0.29) is 11.6 Å². The van der Waals surface area contributed by atoms with Crippen LogP contribution in [0.2, 0.25) is 0 Å². The van der Waals surface area contributed by atoms with Gasteiger partial charge in [-0.25, -0.2) is 18.6 Å². The standard InChI is InChI=1S/C17H22F2N4O/c1-2-16(14-6-5-13(18)11-15(14)19)22-17(24)21-7-3-4-9-23-10-8-20-12-23/h5-6,8,10-12,16H,2-4,7,9H2,1H3,(H2,21,22,24)/t16-/m1/s1. The molecule has 1 atom stereocenters. The van der Waals surface area contributed by atoms with E-state index >= 15 is 0 Å². The number of nitrogens with one attached hydrogen (secondary N) is 2. The lowest BCUT2D eigenvalue weighted by Crippen LogP contribution is -2.38. The summed E-state index contributed by atoms with van der Waals surface area (Å²) in [5, 5.41) is 5.48. The van der Waals surface area contributed by atoms with Crippen molar-refractivity contribution >= 4 is 6.03 Å². The minimum Gasteiger partial charge on any atom is -0.338 e. The lowest BCUT2D eigenvalue weighted by Gasteiger charge is -2.18. The van der Waals surface area contributed by atoms with Gasteiger partial charge >= 0.3 is 6.03 Å². The number of imidazole rings is 1. The van der Waals surface area contributed by atoms with E-state index in [9.17, 15) is 13.6 Å². The topological polar surface area (TPSA) is 59.0 Å². The van der Waals surface area contributed by atoms with Crippen LogP contribution in [0.4, 0.5) is 13.6 Å². The molecule has 0 radical (unpaired) electrons. The zero-order valence-corrected chi connectivity index (χ0v) is 13.6. The van der Waals surface area contributed by atoms with Crippen LogP contribution < -0.4 is 10.6 Å². The predicted octanol–water partition coefficient (Wildman–Crippen LogP) is 3.39. The SMILES string of the molecule is CC[C@@H](NC(=O)NCCCCn1ccnc1)c1ccc(F)cc1F. The number of unbranched alkanes of at least 4 members (excludes halogenated alkanes) is 1. The lowest BCUT2D eigenvalue weighted by atomic mass is 10.0. The molecule has 5 nitrogen and oxygen atoms in total. The zero-order chi connectivity index (χ0) is 17.4. The van der Waals surface area contributed by atoms with Crippen LogP contribution in [0.15, 0.2) is 36.9 Å². The summed E-state index contributed by atoms with van der Waals surface area (Å²) in [4.78, 5) is 15.9. The van der Waals surface area contributed by atoms with Crippen LogP contribution in [0.1, 0.15) is 37.8 Å². The predicted molar refractivity (Wildman–Crippen MR) is 87.4 cm³/mol. The molecule has 2 aromatic rings. The van der Waals surface area contributed by atoms with Crippen LogP contribution in [0.3, 0.4) is 0 Å². The molecule has 2 amide bonds. The molecule has 0 saturated heterocycles. The van der Waals surface area contributed by atoms with Crippen molar-refractivity contribution in [1.29, 1.82) is 0 Å². The molecule has 0 unspecified atom stereocenters. The fourth-order valence-corrected chi connectivity index (χ4v) is 2.43. The molecule has 130 valence electrons. The van der Waals surface area contributed by atoms with Crippen LogP contribution >= 0.6 is 0 Å². The third-order valence-corrected chi connectivity index (χ3v) is 3.74. The van der Waals surface area contributed by atoms with Crippen LogP contribution in [0, 0.1) is 11.6 Å². The number of urea groups is 1. The fourth-order valence-electron chi connectivity index (χ4n) is 2.43. The van der Waals surface area contributed by atoms with E-state index in [1.807, 2.05) is 17.7 Å². The Bertz CT molecular complexity index is 646. The summed E-state index contributed by atoms with van der Waals surface area (Å²) in [6, 6.07) is 2.54. The number of aryl methyl sites for hydroxylation is 1. The molecule has 0 bridgehead atoms. The maximum Gasteiger partial charge on any atom is 0.315 e. The van der Waals surface area contributed by atoms with Gasteiger partial charge in [-0.1, -0.05) is 13.0 Å². The van der Waals surface area contributed by atoms with Crippen molar-refractivity contribution in [2.24, 2.45) is 0 Å². The molecule has 2 rings (SSSR count). The second-order valence-electron chi connectivity index (χ2n) is 5.53. The van der Waals surface area contributed by atoms with Gasteiger partial charge in [0.15, 0.2) is 0 Å². The number of halogens is 2. The van der Waals surface area contributed by atoms with Crippen molar-refractivity contribution in [3.63, 3.8) is 0 Å². The first-order valence-corrected chi connectivity index (χ1v) is 8.05. The molecular formula is C17H22F2N4O. The largest absolute Gasteiger partial charge is 0.338 e. The summed E-state index contributed by atoms with van der Waals surface area (Å²) >= 11 is 0. The summed E-state index contributed by atoms with van der Waals surface area (Å²) in [7, 11) is 0. The first kappa shape index (κ1) is 17.9. The number of hydrogen-bond donors (Lipinski definition) is 2. The lowest BCUT2D eigenvalue weighted by molar-refractivity contribution is 0.236. The maximum atomic E-state index is 13.8. The second kappa shape index (κ2) is 9.00. The third-order valence-electron chi connectivity index (χ3n) is 3.74. The fraction of sp³-hybridized carbons (Fsp3) is 0.412. The molecule has 7 heteroatoms. The Labute approximate surface area is 140 Å². The Morgan fingerprint density at radius 1 is 1.33 bits per heavy atom. The normalized spacial score (nSPS) is 12.0. The molecule has 1 heterocycles. The summed E-state index contributed by atoms with van der Waals surface area (Å²) < 4.78 is 28.8. The zero-order valence-electron chi connectivity index (χ0n) is 13.6. The van der Waals surface area contributed by atoms with E-state index in [2.05, 4.69) is 15.6 Å². The van der Waals surface area contributed by atoms with E-state index in [1.54, 1.807) is 12.5 Å². The summed E-state index contributed by atoms with van der Waals surface area (Å²) in [6.07, 6.45) is 7.63. The van der Waals surface area contributed by atoms with Crippen molar-refractivity contribution in [1.82, 2.24) is 20.2 Å². The van der Waals surface area contributed by atoms with Crippen LogP contribution in [-0.4, -0.2) is 22.1 Å². The Morgan fingerprint density at radius 2 is 2.17 bits per heavy atom. The summed E-state index contributed by atoms with van der Waals surface area (Å²) in [5.74, 6) is -1.28. The van der Waals surface area contributed by atoms with Gasteiger partial charge in [0.2, 0.25) is 0 Å². The van der Waals surface area contributed by atoms with Crippen LogP contribution in [0.25, 0.3) is 0 Å². The van der Waals surface area contributed by atoms with Gasteiger partial charge in [-0.3, -0.25) is 0 Å². The Morgan fingerprint density at radius 3 is 2.83 bits per heavy atom. The molecular weight excluding hydrogens is 314 g/mol. The van der Waals surface area contributed by atoms with E-state index in [4.69, 9.17) is 0 Å². The Hall–Kier alpha value is -2.44. The average molecular weight is 336 g/mol. The minimum absolute atomic E-state index is 0.286. The van der Waals surface area contributed by atoms with Gasteiger partial charge in [-0.15, -0.1) is 0 Å². The summed E-state index contributed by atoms with van der Waals surface area (Å²) in [5.41, 5.74) is 0.286. The van der Waals surface area contributed by atoms with Gasteiger partial charge in [0.05, 0.1) is 12.4 Å². The van der Waals surface area contributed by atoms with E-state index in [0.29, 0.717) is 13.0 Å². The molecule has 0 fully saturated rings. The first-order chi connectivity index (χ1) is 11.6. The van der Waals surface area contributed by atoms with Crippen molar-refractivity contribution in [3.05, 3.63) is 54.1 Å². The van der Waals surface area contributed by atoms with Gasteiger partial charge < -0.3 is 15.2 Å². The summed E-state index contributed by atoms with van der Waals surface area (Å²) in [6.45, 7) is 3.21. The van der Waals surface area contributed by atoms with E-state index in [1.165, 1.54) is 12.1 Å². The third kappa shape index (κ3) is 5.33. The van der Waals surface area contributed by atoms with Gasteiger partial charge in [0.1, 0.15) is 11.6 Å². The number of rotatable bonds is 8. The van der Waals surface area contributed by atoms with E-state index in [0.717, 1.165) is 25.5 Å². The van der Waals surface area contributed by atoms with Gasteiger partial charge in [-0.2, -0.15) is 0 Å². The molecule has 1 aromatic heterocycles. The highest BCUT2D eigenvalue weighted by atomic mass is 19.1. The first-order valence-electron chi connectivity index (χ1n) is 8.05. The smallest absolute Gasteiger partial charge is 0.315 e. The minimum atomic E-state index is -0.650. The quantitative estimate of drug-likeness (QED) is 0.726. The molecule has 24 heavy (non-hydrogen) atoms. The number of carbonyl (C=O) groups excluding carboxylic acids is 1. The number of aromatic nitrogens is 2. The van der Waals surface area contributed by atoms with Gasteiger partial charge in [0, 0.05) is 37.1 Å². The number of carbonyl (C=O) groups is 1.